The third-order valence-electron chi connectivity index (χ3n) is 5.24. The van der Waals surface area contributed by atoms with Gasteiger partial charge in [0.2, 0.25) is 0 Å². The molecular weight excluding hydrogens is 503 g/mol. The van der Waals surface area contributed by atoms with E-state index in [4.69, 9.17) is 14.2 Å². The van der Waals surface area contributed by atoms with Crippen LogP contribution in [0.25, 0.3) is 0 Å². The van der Waals surface area contributed by atoms with E-state index in [2.05, 4.69) is 15.5 Å². The molecule has 2 aromatic carbocycles. The van der Waals surface area contributed by atoms with Gasteiger partial charge in [-0.3, -0.25) is 9.48 Å². The molecule has 4 rings (SSSR count). The predicted octanol–water partition coefficient (Wildman–Crippen LogP) is 5.23. The molecule has 0 saturated heterocycles. The normalized spacial score (nSPS) is 11.3. The lowest BCUT2D eigenvalue weighted by molar-refractivity contribution is -0.137. The molecule has 2 aromatic heterocycles. The SMILES string of the molecule is CCOc1ccc(Cn2cc(NC(=O)c3ccn(COc4cccc(C(F)(F)F)c4)n3)cn2)cc1OCC. The fourth-order valence-corrected chi connectivity index (χ4v) is 3.55. The fraction of sp³-hybridized carbons (Fsp3) is 0.269. The van der Waals surface area contributed by atoms with Gasteiger partial charge < -0.3 is 19.5 Å². The Morgan fingerprint density at radius 2 is 1.76 bits per heavy atom. The largest absolute Gasteiger partial charge is 0.490 e. The number of halogens is 3. The molecule has 0 aliphatic carbocycles. The maximum absolute atomic E-state index is 12.9. The third kappa shape index (κ3) is 6.84. The van der Waals surface area contributed by atoms with Crippen molar-refractivity contribution in [3.8, 4) is 17.2 Å². The summed E-state index contributed by atoms with van der Waals surface area (Å²) in [6.45, 7) is 5.12. The Balaban J connectivity index is 1.34. The Morgan fingerprint density at radius 1 is 0.974 bits per heavy atom. The van der Waals surface area contributed by atoms with Crippen LogP contribution >= 0.6 is 0 Å². The van der Waals surface area contributed by atoms with Crippen molar-refractivity contribution in [3.63, 3.8) is 0 Å². The van der Waals surface area contributed by atoms with Gasteiger partial charge in [0.15, 0.2) is 23.9 Å². The van der Waals surface area contributed by atoms with Gasteiger partial charge in [0.05, 0.1) is 37.2 Å². The number of rotatable bonds is 11. The molecule has 0 radical (unpaired) electrons. The zero-order chi connectivity index (χ0) is 27.1. The first kappa shape index (κ1) is 26.6. The van der Waals surface area contributed by atoms with Crippen LogP contribution < -0.4 is 19.5 Å². The van der Waals surface area contributed by atoms with Crippen molar-refractivity contribution in [2.24, 2.45) is 0 Å². The molecule has 1 N–H and O–H groups in total. The third-order valence-corrected chi connectivity index (χ3v) is 5.24. The van der Waals surface area contributed by atoms with Crippen molar-refractivity contribution in [1.29, 1.82) is 0 Å². The molecule has 38 heavy (non-hydrogen) atoms. The molecule has 4 aromatic rings. The van der Waals surface area contributed by atoms with Crippen molar-refractivity contribution in [3.05, 3.63) is 83.9 Å². The molecule has 0 spiro atoms. The number of benzene rings is 2. The molecule has 2 heterocycles. The lowest BCUT2D eigenvalue weighted by Gasteiger charge is -2.12. The highest BCUT2D eigenvalue weighted by molar-refractivity contribution is 6.02. The van der Waals surface area contributed by atoms with Crippen LogP contribution in [0.3, 0.4) is 0 Å². The highest BCUT2D eigenvalue weighted by Crippen LogP contribution is 2.31. The van der Waals surface area contributed by atoms with Gasteiger partial charge in [0, 0.05) is 12.4 Å². The van der Waals surface area contributed by atoms with Crippen LogP contribution in [0, 0.1) is 0 Å². The first-order valence-electron chi connectivity index (χ1n) is 11.8. The molecule has 0 fully saturated rings. The fourth-order valence-electron chi connectivity index (χ4n) is 3.55. The summed E-state index contributed by atoms with van der Waals surface area (Å²) in [5.41, 5.74) is 0.713. The smallest absolute Gasteiger partial charge is 0.416 e. The number of anilines is 1. The van der Waals surface area contributed by atoms with Gasteiger partial charge in [0.25, 0.3) is 5.91 Å². The second kappa shape index (κ2) is 11.7. The Labute approximate surface area is 216 Å². The van der Waals surface area contributed by atoms with Gasteiger partial charge in [-0.15, -0.1) is 0 Å². The molecule has 1 amide bonds. The number of ether oxygens (including phenoxy) is 3. The highest BCUT2D eigenvalue weighted by atomic mass is 19.4. The number of amides is 1. The molecule has 12 heteroatoms. The molecule has 0 bridgehead atoms. The zero-order valence-electron chi connectivity index (χ0n) is 20.7. The Hall–Kier alpha value is -4.48. The zero-order valence-corrected chi connectivity index (χ0v) is 20.7. The van der Waals surface area contributed by atoms with Crippen molar-refractivity contribution in [2.45, 2.75) is 33.3 Å². The number of nitrogens with zero attached hydrogens (tertiary/aromatic N) is 4. The summed E-state index contributed by atoms with van der Waals surface area (Å²) in [7, 11) is 0. The Morgan fingerprint density at radius 3 is 2.53 bits per heavy atom. The second-order valence-electron chi connectivity index (χ2n) is 8.07. The van der Waals surface area contributed by atoms with Gasteiger partial charge in [0.1, 0.15) is 5.75 Å². The lowest BCUT2D eigenvalue weighted by atomic mass is 10.2. The maximum atomic E-state index is 12.9. The van der Waals surface area contributed by atoms with E-state index < -0.39 is 17.6 Å². The van der Waals surface area contributed by atoms with E-state index in [0.29, 0.717) is 36.9 Å². The minimum Gasteiger partial charge on any atom is -0.490 e. The summed E-state index contributed by atoms with van der Waals surface area (Å²) in [5, 5.41) is 11.1. The average molecular weight is 530 g/mol. The quantitative estimate of drug-likeness (QED) is 0.286. The summed E-state index contributed by atoms with van der Waals surface area (Å²) in [4.78, 5) is 12.6. The van der Waals surface area contributed by atoms with E-state index in [1.165, 1.54) is 35.3 Å². The van der Waals surface area contributed by atoms with Crippen LogP contribution in [0.1, 0.15) is 35.5 Å². The van der Waals surface area contributed by atoms with Gasteiger partial charge >= 0.3 is 6.18 Å². The molecular formula is C26H26F3N5O4. The molecule has 200 valence electrons. The Bertz CT molecular complexity index is 1380. The summed E-state index contributed by atoms with van der Waals surface area (Å²) in [6.07, 6.45) is 0.227. The molecule has 0 atom stereocenters. The van der Waals surface area contributed by atoms with Crippen LogP contribution in [0.2, 0.25) is 0 Å². The van der Waals surface area contributed by atoms with Gasteiger partial charge in [-0.1, -0.05) is 12.1 Å². The monoisotopic (exact) mass is 529 g/mol. The first-order chi connectivity index (χ1) is 18.2. The van der Waals surface area contributed by atoms with Crippen molar-refractivity contribution in [2.75, 3.05) is 18.5 Å². The van der Waals surface area contributed by atoms with E-state index in [-0.39, 0.29) is 18.2 Å². The van der Waals surface area contributed by atoms with Gasteiger partial charge in [-0.2, -0.15) is 23.4 Å². The van der Waals surface area contributed by atoms with Crippen LogP contribution in [0.15, 0.2) is 67.1 Å². The topological polar surface area (TPSA) is 92.4 Å². The number of nitrogens with one attached hydrogen (secondary N) is 1. The number of hydrogen-bond donors (Lipinski definition) is 1. The maximum Gasteiger partial charge on any atom is 0.416 e. The summed E-state index contributed by atoms with van der Waals surface area (Å²) in [5.74, 6) is 0.892. The standard InChI is InChI=1S/C26H26F3N5O4/c1-3-36-23-9-8-18(12-24(23)37-4-2)15-34-16-20(14-30-34)31-25(35)22-10-11-33(32-22)17-38-21-7-5-6-19(13-21)26(27,28)29/h5-14,16H,3-4,15,17H2,1-2H3,(H,31,35). The first-order valence-corrected chi connectivity index (χ1v) is 11.8. The van der Waals surface area contributed by atoms with Crippen LogP contribution in [-0.2, 0) is 19.5 Å². The van der Waals surface area contributed by atoms with Crippen molar-refractivity contribution >= 4 is 11.6 Å². The van der Waals surface area contributed by atoms with E-state index >= 15 is 0 Å². The Kier molecular flexibility index (Phi) is 8.19. The predicted molar refractivity (Wildman–Crippen MR) is 132 cm³/mol. The van der Waals surface area contributed by atoms with E-state index in [9.17, 15) is 18.0 Å². The van der Waals surface area contributed by atoms with Crippen LogP contribution in [0.5, 0.6) is 17.2 Å². The summed E-state index contributed by atoms with van der Waals surface area (Å²) >= 11 is 0. The van der Waals surface area contributed by atoms with Crippen molar-refractivity contribution < 1.29 is 32.2 Å². The number of carbonyl (C=O) groups is 1. The van der Waals surface area contributed by atoms with Crippen molar-refractivity contribution in [1.82, 2.24) is 19.6 Å². The average Bonchev–Trinajstić information content (AvgIpc) is 3.54. The number of aromatic nitrogens is 4. The molecule has 0 unspecified atom stereocenters. The molecule has 0 aliphatic rings. The molecule has 0 aliphatic heterocycles. The molecule has 9 nitrogen and oxygen atoms in total. The number of alkyl halides is 3. The lowest BCUT2D eigenvalue weighted by Crippen LogP contribution is -2.14. The van der Waals surface area contributed by atoms with E-state index in [1.54, 1.807) is 10.9 Å². The van der Waals surface area contributed by atoms with E-state index in [1.807, 2.05) is 32.0 Å². The molecule has 0 saturated carbocycles. The highest BCUT2D eigenvalue weighted by Gasteiger charge is 2.30. The van der Waals surface area contributed by atoms with E-state index in [0.717, 1.165) is 17.7 Å². The number of carbonyl (C=O) groups excluding carboxylic acids is 1. The number of hydrogen-bond acceptors (Lipinski definition) is 6. The summed E-state index contributed by atoms with van der Waals surface area (Å²) < 4.78 is 58.2. The minimum atomic E-state index is -4.47. The summed E-state index contributed by atoms with van der Waals surface area (Å²) in [6, 6.07) is 11.7. The van der Waals surface area contributed by atoms with Crippen LogP contribution in [0.4, 0.5) is 18.9 Å². The van der Waals surface area contributed by atoms with Gasteiger partial charge in [-0.25, -0.2) is 4.68 Å². The van der Waals surface area contributed by atoms with Crippen LogP contribution in [-0.4, -0.2) is 38.7 Å². The minimum absolute atomic E-state index is 0.0367. The second-order valence-corrected chi connectivity index (χ2v) is 8.07. The van der Waals surface area contributed by atoms with Gasteiger partial charge in [-0.05, 0) is 55.8 Å².